The molecule has 0 spiro atoms. The van der Waals surface area contributed by atoms with Crippen LogP contribution >= 0.6 is 11.3 Å². The van der Waals surface area contributed by atoms with E-state index >= 15 is 0 Å². The van der Waals surface area contributed by atoms with Gasteiger partial charge >= 0.3 is 0 Å². The van der Waals surface area contributed by atoms with Gasteiger partial charge in [0.05, 0.1) is 4.70 Å². The van der Waals surface area contributed by atoms with E-state index in [2.05, 4.69) is 0 Å². The SMILES string of the molecule is CC.Cc1sc2c(F)cccc2c1C. The van der Waals surface area contributed by atoms with Crippen molar-refractivity contribution in [1.29, 1.82) is 0 Å². The lowest BCUT2D eigenvalue weighted by atomic mass is 10.1. The Hall–Kier alpha value is -0.890. The largest absolute Gasteiger partial charge is 0.205 e. The molecule has 1 heterocycles. The molecular formula is C12H15FS. The third kappa shape index (κ3) is 1.80. The summed E-state index contributed by atoms with van der Waals surface area (Å²) in [5.74, 6) is -0.103. The summed E-state index contributed by atoms with van der Waals surface area (Å²) in [4.78, 5) is 1.20. The zero-order chi connectivity index (χ0) is 10.7. The van der Waals surface area contributed by atoms with Crippen LogP contribution in [-0.4, -0.2) is 0 Å². The second kappa shape index (κ2) is 4.56. The van der Waals surface area contributed by atoms with Crippen molar-refractivity contribution in [2.75, 3.05) is 0 Å². The van der Waals surface area contributed by atoms with E-state index in [1.807, 2.05) is 33.8 Å². The number of fused-ring (bicyclic) bond motifs is 1. The number of aryl methyl sites for hydroxylation is 2. The van der Waals surface area contributed by atoms with Crippen molar-refractivity contribution in [2.45, 2.75) is 27.7 Å². The zero-order valence-electron chi connectivity index (χ0n) is 9.02. The lowest BCUT2D eigenvalue weighted by Gasteiger charge is -1.91. The monoisotopic (exact) mass is 210 g/mol. The average molecular weight is 210 g/mol. The molecule has 0 amide bonds. The minimum atomic E-state index is -0.103. The molecule has 1 aromatic heterocycles. The molecule has 1 aromatic carbocycles. The zero-order valence-corrected chi connectivity index (χ0v) is 9.83. The molecule has 0 aliphatic carbocycles. The van der Waals surface area contributed by atoms with Gasteiger partial charge in [0.25, 0.3) is 0 Å². The van der Waals surface area contributed by atoms with Gasteiger partial charge < -0.3 is 0 Å². The standard InChI is InChI=1S/C10H9FS.C2H6/c1-6-7(2)12-10-8(6)4-3-5-9(10)11;1-2/h3-5H,1-2H3;1-2H3. The molecule has 0 aliphatic rings. The van der Waals surface area contributed by atoms with Crippen LogP contribution in [0.3, 0.4) is 0 Å². The fraction of sp³-hybridized carbons (Fsp3) is 0.333. The fourth-order valence-electron chi connectivity index (χ4n) is 1.33. The molecule has 0 N–H and O–H groups in total. The molecule has 0 radical (unpaired) electrons. The Labute approximate surface area is 88.4 Å². The number of hydrogen-bond acceptors (Lipinski definition) is 1. The maximum atomic E-state index is 13.2. The van der Waals surface area contributed by atoms with Crippen LogP contribution in [0.5, 0.6) is 0 Å². The highest BCUT2D eigenvalue weighted by atomic mass is 32.1. The van der Waals surface area contributed by atoms with Gasteiger partial charge in [0.2, 0.25) is 0 Å². The number of benzene rings is 1. The Morgan fingerprint density at radius 1 is 1.14 bits per heavy atom. The summed E-state index contributed by atoms with van der Waals surface area (Å²) in [5, 5.41) is 1.05. The lowest BCUT2D eigenvalue weighted by molar-refractivity contribution is 0.641. The molecule has 2 heteroatoms. The van der Waals surface area contributed by atoms with E-state index in [0.29, 0.717) is 0 Å². The molecule has 14 heavy (non-hydrogen) atoms. The van der Waals surface area contributed by atoms with Crippen LogP contribution < -0.4 is 0 Å². The number of hydrogen-bond donors (Lipinski definition) is 0. The molecule has 0 saturated carbocycles. The number of rotatable bonds is 0. The summed E-state index contributed by atoms with van der Waals surface area (Å²) in [6, 6.07) is 5.24. The van der Waals surface area contributed by atoms with Gasteiger partial charge in [0.15, 0.2) is 0 Å². The quantitative estimate of drug-likeness (QED) is 0.592. The maximum absolute atomic E-state index is 13.2. The Morgan fingerprint density at radius 2 is 1.79 bits per heavy atom. The Morgan fingerprint density at radius 3 is 2.36 bits per heavy atom. The van der Waals surface area contributed by atoms with Crippen LogP contribution in [0, 0.1) is 19.7 Å². The number of thiophene rings is 1. The normalized spacial score (nSPS) is 9.79. The summed E-state index contributed by atoms with van der Waals surface area (Å²) < 4.78 is 14.0. The second-order valence-corrected chi connectivity index (χ2v) is 4.12. The van der Waals surface area contributed by atoms with E-state index < -0.39 is 0 Å². The first-order chi connectivity index (χ1) is 6.70. The maximum Gasteiger partial charge on any atom is 0.141 e. The Kier molecular flexibility index (Phi) is 3.64. The van der Waals surface area contributed by atoms with E-state index in [4.69, 9.17) is 0 Å². The van der Waals surface area contributed by atoms with Crippen molar-refractivity contribution in [3.63, 3.8) is 0 Å². The van der Waals surface area contributed by atoms with Crippen molar-refractivity contribution in [3.05, 3.63) is 34.5 Å². The van der Waals surface area contributed by atoms with Gasteiger partial charge in [0.1, 0.15) is 5.82 Å². The predicted molar refractivity (Wildman–Crippen MR) is 62.6 cm³/mol. The minimum absolute atomic E-state index is 0.103. The first-order valence-corrected chi connectivity index (χ1v) is 5.66. The van der Waals surface area contributed by atoms with Gasteiger partial charge in [-0.3, -0.25) is 0 Å². The third-order valence-electron chi connectivity index (χ3n) is 2.15. The molecular weight excluding hydrogens is 195 g/mol. The average Bonchev–Trinajstić information content (AvgIpc) is 2.50. The summed E-state index contributed by atoms with van der Waals surface area (Å²) >= 11 is 1.53. The molecule has 2 aromatic rings. The first kappa shape index (κ1) is 11.2. The van der Waals surface area contributed by atoms with Gasteiger partial charge in [-0.1, -0.05) is 26.0 Å². The molecule has 0 aliphatic heterocycles. The van der Waals surface area contributed by atoms with Gasteiger partial charge in [-0.25, -0.2) is 4.39 Å². The summed E-state index contributed by atoms with van der Waals surface area (Å²) in [6.07, 6.45) is 0. The minimum Gasteiger partial charge on any atom is -0.205 e. The molecule has 0 nitrogen and oxygen atoms in total. The summed E-state index contributed by atoms with van der Waals surface area (Å²) in [6.45, 7) is 8.06. The first-order valence-electron chi connectivity index (χ1n) is 4.84. The molecule has 0 saturated heterocycles. The van der Waals surface area contributed by atoms with Gasteiger partial charge in [-0.15, -0.1) is 11.3 Å². The van der Waals surface area contributed by atoms with Gasteiger partial charge in [0, 0.05) is 4.88 Å². The summed E-state index contributed by atoms with van der Waals surface area (Å²) in [5.41, 5.74) is 1.20. The van der Waals surface area contributed by atoms with E-state index in [-0.39, 0.29) is 5.82 Å². The second-order valence-electron chi connectivity index (χ2n) is 2.90. The van der Waals surface area contributed by atoms with Crippen LogP contribution in [0.15, 0.2) is 18.2 Å². The molecule has 0 bridgehead atoms. The molecule has 76 valence electrons. The lowest BCUT2D eigenvalue weighted by Crippen LogP contribution is -1.73. The van der Waals surface area contributed by atoms with E-state index in [0.717, 1.165) is 10.1 Å². The van der Waals surface area contributed by atoms with E-state index in [9.17, 15) is 4.39 Å². The van der Waals surface area contributed by atoms with Crippen LogP contribution in [0.25, 0.3) is 10.1 Å². The number of halogens is 1. The predicted octanol–water partition coefficient (Wildman–Crippen LogP) is 4.68. The highest BCUT2D eigenvalue weighted by molar-refractivity contribution is 7.19. The topological polar surface area (TPSA) is 0 Å². The van der Waals surface area contributed by atoms with Crippen molar-refractivity contribution >= 4 is 21.4 Å². The third-order valence-corrected chi connectivity index (χ3v) is 3.39. The molecule has 0 atom stereocenters. The molecule has 0 unspecified atom stereocenters. The Balaban J connectivity index is 0.000000461. The van der Waals surface area contributed by atoms with Crippen molar-refractivity contribution < 1.29 is 4.39 Å². The van der Waals surface area contributed by atoms with Crippen molar-refractivity contribution in [3.8, 4) is 0 Å². The van der Waals surface area contributed by atoms with E-state index in [1.54, 1.807) is 6.07 Å². The van der Waals surface area contributed by atoms with E-state index in [1.165, 1.54) is 27.8 Å². The van der Waals surface area contributed by atoms with Crippen molar-refractivity contribution in [2.24, 2.45) is 0 Å². The fourth-order valence-corrected chi connectivity index (χ4v) is 2.39. The molecule has 0 fully saturated rings. The van der Waals surface area contributed by atoms with Gasteiger partial charge in [-0.05, 0) is 30.9 Å². The molecule has 2 rings (SSSR count). The van der Waals surface area contributed by atoms with Crippen LogP contribution in [0.1, 0.15) is 24.3 Å². The smallest absolute Gasteiger partial charge is 0.141 e. The summed E-state index contributed by atoms with van der Waals surface area (Å²) in [7, 11) is 0. The highest BCUT2D eigenvalue weighted by Gasteiger charge is 2.07. The van der Waals surface area contributed by atoms with Crippen LogP contribution in [0.2, 0.25) is 0 Å². The van der Waals surface area contributed by atoms with Crippen LogP contribution in [-0.2, 0) is 0 Å². The Bertz CT molecular complexity index is 429. The van der Waals surface area contributed by atoms with Gasteiger partial charge in [-0.2, -0.15) is 0 Å². The van der Waals surface area contributed by atoms with Crippen LogP contribution in [0.4, 0.5) is 4.39 Å². The van der Waals surface area contributed by atoms with Crippen molar-refractivity contribution in [1.82, 2.24) is 0 Å². The highest BCUT2D eigenvalue weighted by Crippen LogP contribution is 2.31.